The average molecular weight is 361 g/mol. The summed E-state index contributed by atoms with van der Waals surface area (Å²) in [5, 5.41) is 10.8. The summed E-state index contributed by atoms with van der Waals surface area (Å²) in [5.74, 6) is -0.661. The standard InChI is InChI=1S/C20H21F2NO3/c1-14-3-4-15(11-18(14)22)19(24)23-10-2-9-20(25,12-23)13-26-17-7-5-16(21)6-8-17/h3-8,11,25H,2,9-10,12-13H2,1H3. The number of hydrogen-bond acceptors (Lipinski definition) is 3. The molecule has 1 atom stereocenters. The van der Waals surface area contributed by atoms with Gasteiger partial charge >= 0.3 is 0 Å². The summed E-state index contributed by atoms with van der Waals surface area (Å²) in [4.78, 5) is 14.1. The first kappa shape index (κ1) is 18.3. The summed E-state index contributed by atoms with van der Waals surface area (Å²) in [5.41, 5.74) is -0.466. The molecule has 1 aliphatic heterocycles. The van der Waals surface area contributed by atoms with Crippen LogP contribution < -0.4 is 4.74 Å². The van der Waals surface area contributed by atoms with Crippen molar-refractivity contribution in [3.05, 3.63) is 65.2 Å². The van der Waals surface area contributed by atoms with Gasteiger partial charge in [-0.3, -0.25) is 4.79 Å². The zero-order valence-corrected chi connectivity index (χ0v) is 14.5. The molecule has 0 aliphatic carbocycles. The van der Waals surface area contributed by atoms with Gasteiger partial charge in [-0.15, -0.1) is 0 Å². The van der Waals surface area contributed by atoms with Gasteiger partial charge < -0.3 is 14.7 Å². The molecule has 1 N–H and O–H groups in total. The second-order valence-corrected chi connectivity index (χ2v) is 6.76. The molecule has 1 fully saturated rings. The van der Waals surface area contributed by atoms with Crippen LogP contribution in [0.5, 0.6) is 5.75 Å². The molecule has 1 amide bonds. The Morgan fingerprint density at radius 2 is 1.96 bits per heavy atom. The van der Waals surface area contributed by atoms with Gasteiger partial charge in [-0.2, -0.15) is 0 Å². The Morgan fingerprint density at radius 1 is 1.23 bits per heavy atom. The van der Waals surface area contributed by atoms with E-state index in [-0.39, 0.29) is 30.4 Å². The van der Waals surface area contributed by atoms with Crippen molar-refractivity contribution >= 4 is 5.91 Å². The molecule has 0 saturated carbocycles. The zero-order valence-electron chi connectivity index (χ0n) is 14.5. The fraction of sp³-hybridized carbons (Fsp3) is 0.350. The molecule has 6 heteroatoms. The number of aliphatic hydroxyl groups is 1. The number of carbonyl (C=O) groups is 1. The monoisotopic (exact) mass is 361 g/mol. The molecule has 0 aromatic heterocycles. The van der Waals surface area contributed by atoms with Crippen LogP contribution in [0.3, 0.4) is 0 Å². The van der Waals surface area contributed by atoms with Crippen LogP contribution >= 0.6 is 0 Å². The van der Waals surface area contributed by atoms with E-state index in [0.29, 0.717) is 30.7 Å². The zero-order chi connectivity index (χ0) is 18.7. The third-order valence-corrected chi connectivity index (χ3v) is 4.58. The maximum atomic E-state index is 13.7. The summed E-state index contributed by atoms with van der Waals surface area (Å²) < 4.78 is 32.2. The topological polar surface area (TPSA) is 49.8 Å². The van der Waals surface area contributed by atoms with E-state index in [1.54, 1.807) is 19.1 Å². The maximum absolute atomic E-state index is 13.7. The molecule has 1 heterocycles. The van der Waals surface area contributed by atoms with Gasteiger partial charge in [0, 0.05) is 12.1 Å². The lowest BCUT2D eigenvalue weighted by atomic mass is 9.93. The Balaban J connectivity index is 1.66. The smallest absolute Gasteiger partial charge is 0.254 e. The first-order chi connectivity index (χ1) is 12.4. The van der Waals surface area contributed by atoms with Gasteiger partial charge in [0.1, 0.15) is 29.6 Å². The second-order valence-electron chi connectivity index (χ2n) is 6.76. The van der Waals surface area contributed by atoms with Crippen molar-refractivity contribution in [2.75, 3.05) is 19.7 Å². The molecule has 138 valence electrons. The maximum Gasteiger partial charge on any atom is 0.254 e. The second kappa shape index (κ2) is 7.41. The third-order valence-electron chi connectivity index (χ3n) is 4.58. The third kappa shape index (κ3) is 4.19. The normalized spacial score (nSPS) is 20.1. The van der Waals surface area contributed by atoms with Crippen molar-refractivity contribution in [2.45, 2.75) is 25.4 Å². The van der Waals surface area contributed by atoms with Gasteiger partial charge in [0.05, 0.1) is 6.54 Å². The van der Waals surface area contributed by atoms with E-state index < -0.39 is 11.4 Å². The fourth-order valence-electron chi connectivity index (χ4n) is 3.06. The number of piperidine rings is 1. The fourth-order valence-corrected chi connectivity index (χ4v) is 3.06. The minimum absolute atomic E-state index is 0.00925. The summed E-state index contributed by atoms with van der Waals surface area (Å²) >= 11 is 0. The molecule has 0 spiro atoms. The number of carbonyl (C=O) groups excluding carboxylic acids is 1. The van der Waals surface area contributed by atoms with E-state index in [4.69, 9.17) is 4.74 Å². The van der Waals surface area contributed by atoms with Gasteiger partial charge in [0.25, 0.3) is 5.91 Å². The Labute approximate surface area is 151 Å². The molecule has 4 nitrogen and oxygen atoms in total. The molecule has 0 radical (unpaired) electrons. The van der Waals surface area contributed by atoms with E-state index in [9.17, 15) is 18.7 Å². The molecule has 2 aromatic carbocycles. The van der Waals surface area contributed by atoms with Crippen LogP contribution in [0.4, 0.5) is 8.78 Å². The molecule has 1 aliphatic rings. The van der Waals surface area contributed by atoms with Crippen LogP contribution in [-0.4, -0.2) is 41.2 Å². The number of nitrogens with zero attached hydrogens (tertiary/aromatic N) is 1. The van der Waals surface area contributed by atoms with Crippen molar-refractivity contribution in [1.29, 1.82) is 0 Å². The molecule has 26 heavy (non-hydrogen) atoms. The highest BCUT2D eigenvalue weighted by Crippen LogP contribution is 2.24. The molecule has 3 rings (SSSR count). The SMILES string of the molecule is Cc1ccc(C(=O)N2CCCC(O)(COc3ccc(F)cc3)C2)cc1F. The van der Waals surface area contributed by atoms with Crippen LogP contribution in [0.25, 0.3) is 0 Å². The minimum atomic E-state index is -1.20. The first-order valence-electron chi connectivity index (χ1n) is 8.52. The lowest BCUT2D eigenvalue weighted by molar-refractivity contribution is -0.0532. The van der Waals surface area contributed by atoms with Gasteiger partial charge in [-0.05, 0) is 61.7 Å². The number of halogens is 2. The van der Waals surface area contributed by atoms with Crippen molar-refractivity contribution in [2.24, 2.45) is 0 Å². The average Bonchev–Trinajstić information content (AvgIpc) is 2.63. The van der Waals surface area contributed by atoms with Crippen molar-refractivity contribution in [3.8, 4) is 5.75 Å². The number of benzene rings is 2. The van der Waals surface area contributed by atoms with E-state index in [2.05, 4.69) is 0 Å². The van der Waals surface area contributed by atoms with E-state index in [0.717, 1.165) is 0 Å². The number of rotatable bonds is 4. The summed E-state index contributed by atoms with van der Waals surface area (Å²) in [6, 6.07) is 9.91. The first-order valence-corrected chi connectivity index (χ1v) is 8.52. The van der Waals surface area contributed by atoms with Crippen LogP contribution in [0.2, 0.25) is 0 Å². The van der Waals surface area contributed by atoms with Crippen LogP contribution in [0.15, 0.2) is 42.5 Å². The molecule has 2 aromatic rings. The Kier molecular flexibility index (Phi) is 5.23. The number of likely N-dealkylation sites (tertiary alicyclic amines) is 1. The molecule has 1 saturated heterocycles. The summed E-state index contributed by atoms with van der Waals surface area (Å²) in [6.45, 7) is 2.22. The molecular formula is C20H21F2NO3. The van der Waals surface area contributed by atoms with Crippen LogP contribution in [0, 0.1) is 18.6 Å². The number of ether oxygens (including phenoxy) is 1. The van der Waals surface area contributed by atoms with Gasteiger partial charge in [0.15, 0.2) is 0 Å². The Hall–Kier alpha value is -2.47. The lowest BCUT2D eigenvalue weighted by Crippen LogP contribution is -2.53. The predicted octanol–water partition coefficient (Wildman–Crippen LogP) is 3.32. The lowest BCUT2D eigenvalue weighted by Gasteiger charge is -2.39. The van der Waals surface area contributed by atoms with Gasteiger partial charge in [-0.1, -0.05) is 6.07 Å². The van der Waals surface area contributed by atoms with E-state index in [1.165, 1.54) is 35.2 Å². The Bertz CT molecular complexity index is 794. The molecular weight excluding hydrogens is 340 g/mol. The van der Waals surface area contributed by atoms with Crippen molar-refractivity contribution in [3.63, 3.8) is 0 Å². The van der Waals surface area contributed by atoms with Crippen molar-refractivity contribution < 1.29 is 23.4 Å². The quantitative estimate of drug-likeness (QED) is 0.909. The van der Waals surface area contributed by atoms with Gasteiger partial charge in [0.2, 0.25) is 0 Å². The summed E-state index contributed by atoms with van der Waals surface area (Å²) in [6.07, 6.45) is 1.10. The summed E-state index contributed by atoms with van der Waals surface area (Å²) in [7, 11) is 0. The highest BCUT2D eigenvalue weighted by molar-refractivity contribution is 5.94. The van der Waals surface area contributed by atoms with E-state index in [1.807, 2.05) is 0 Å². The highest BCUT2D eigenvalue weighted by atomic mass is 19.1. The highest BCUT2D eigenvalue weighted by Gasteiger charge is 2.36. The van der Waals surface area contributed by atoms with E-state index >= 15 is 0 Å². The number of β-amino-alcohol motifs (C(OH)–C–C–N with tert-alkyl or cyclic N) is 1. The Morgan fingerprint density at radius 3 is 2.65 bits per heavy atom. The van der Waals surface area contributed by atoms with Gasteiger partial charge in [-0.25, -0.2) is 8.78 Å². The molecule has 1 unspecified atom stereocenters. The number of aryl methyl sites for hydroxylation is 1. The van der Waals surface area contributed by atoms with Crippen molar-refractivity contribution in [1.82, 2.24) is 4.90 Å². The number of amides is 1. The largest absolute Gasteiger partial charge is 0.491 e. The number of hydrogen-bond donors (Lipinski definition) is 1. The van der Waals surface area contributed by atoms with Crippen LogP contribution in [-0.2, 0) is 0 Å². The predicted molar refractivity (Wildman–Crippen MR) is 93.1 cm³/mol. The minimum Gasteiger partial charge on any atom is -0.491 e. The molecule has 0 bridgehead atoms. The van der Waals surface area contributed by atoms with Crippen LogP contribution in [0.1, 0.15) is 28.8 Å².